The van der Waals surface area contributed by atoms with Crippen molar-refractivity contribution in [3.8, 4) is 6.07 Å². The van der Waals surface area contributed by atoms with Gasteiger partial charge in [0, 0.05) is 19.0 Å². The van der Waals surface area contributed by atoms with E-state index in [4.69, 9.17) is 22.0 Å². The average molecular weight is 329 g/mol. The van der Waals surface area contributed by atoms with Crippen molar-refractivity contribution in [2.75, 3.05) is 6.54 Å². The lowest BCUT2D eigenvalue weighted by Crippen LogP contribution is -2.34. The quantitative estimate of drug-likeness (QED) is 0.862. The Morgan fingerprint density at radius 2 is 2.14 bits per heavy atom. The Bertz CT molecular complexity index is 707. The first-order valence-corrected chi connectivity index (χ1v) is 8.11. The number of sulfonamides is 1. The van der Waals surface area contributed by atoms with E-state index >= 15 is 0 Å². The molecule has 112 valence electrons. The van der Waals surface area contributed by atoms with Crippen LogP contribution in [0.1, 0.15) is 29.6 Å². The highest BCUT2D eigenvalue weighted by Gasteiger charge is 2.38. The standard InChI is InChI=1S/C13H13ClN2O4S/c14-12-5-4-10(8-11(12)13(17)18)21(19,20)16(7-1-6-15)9-2-3-9/h4-5,8-9H,1-3,7H2,(H,17,18). The molecule has 1 N–H and O–H groups in total. The third-order valence-corrected chi connectivity index (χ3v) is 5.45. The third-order valence-electron chi connectivity index (χ3n) is 3.17. The zero-order valence-corrected chi connectivity index (χ0v) is 12.6. The van der Waals surface area contributed by atoms with Crippen molar-refractivity contribution in [1.82, 2.24) is 4.31 Å². The molecule has 0 saturated heterocycles. The number of rotatable bonds is 6. The summed E-state index contributed by atoms with van der Waals surface area (Å²) in [5, 5.41) is 17.6. The van der Waals surface area contributed by atoms with Crippen LogP contribution in [0.25, 0.3) is 0 Å². The smallest absolute Gasteiger partial charge is 0.337 e. The Hall–Kier alpha value is -1.62. The SMILES string of the molecule is N#CCCN(C1CC1)S(=O)(=O)c1ccc(Cl)c(C(=O)O)c1. The van der Waals surface area contributed by atoms with Gasteiger partial charge in [-0.1, -0.05) is 11.6 Å². The first-order valence-electron chi connectivity index (χ1n) is 6.29. The maximum atomic E-state index is 12.6. The summed E-state index contributed by atoms with van der Waals surface area (Å²) in [5.41, 5.74) is -0.256. The third kappa shape index (κ3) is 3.35. The molecule has 0 heterocycles. The van der Waals surface area contributed by atoms with Crippen molar-refractivity contribution in [2.45, 2.75) is 30.2 Å². The van der Waals surface area contributed by atoms with E-state index in [1.807, 2.05) is 6.07 Å². The molecule has 0 aliphatic heterocycles. The molecule has 6 nitrogen and oxygen atoms in total. The van der Waals surface area contributed by atoms with E-state index < -0.39 is 16.0 Å². The largest absolute Gasteiger partial charge is 0.478 e. The second-order valence-electron chi connectivity index (χ2n) is 4.70. The second-order valence-corrected chi connectivity index (χ2v) is 7.00. The number of carbonyl (C=O) groups is 1. The lowest BCUT2D eigenvalue weighted by atomic mass is 10.2. The molecule has 2 rings (SSSR count). The summed E-state index contributed by atoms with van der Waals surface area (Å²) in [4.78, 5) is 10.9. The predicted molar refractivity (Wildman–Crippen MR) is 75.6 cm³/mol. The highest BCUT2D eigenvalue weighted by molar-refractivity contribution is 7.89. The van der Waals surface area contributed by atoms with E-state index in [1.165, 1.54) is 16.4 Å². The summed E-state index contributed by atoms with van der Waals surface area (Å²) in [6.07, 6.45) is 1.60. The fourth-order valence-corrected chi connectivity index (χ4v) is 3.90. The van der Waals surface area contributed by atoms with Crippen molar-refractivity contribution in [3.05, 3.63) is 28.8 Å². The van der Waals surface area contributed by atoms with Crippen molar-refractivity contribution in [3.63, 3.8) is 0 Å². The lowest BCUT2D eigenvalue weighted by Gasteiger charge is -2.21. The van der Waals surface area contributed by atoms with Crippen molar-refractivity contribution in [2.24, 2.45) is 0 Å². The number of hydrogen-bond donors (Lipinski definition) is 1. The monoisotopic (exact) mass is 328 g/mol. The van der Waals surface area contributed by atoms with Gasteiger partial charge < -0.3 is 5.11 Å². The van der Waals surface area contributed by atoms with Gasteiger partial charge in [-0.25, -0.2) is 13.2 Å². The molecule has 0 aromatic heterocycles. The normalized spacial score (nSPS) is 14.9. The van der Waals surface area contributed by atoms with Gasteiger partial charge in [0.2, 0.25) is 10.0 Å². The van der Waals surface area contributed by atoms with Crippen LogP contribution in [0.15, 0.2) is 23.1 Å². The van der Waals surface area contributed by atoms with Gasteiger partial charge in [-0.15, -0.1) is 0 Å². The van der Waals surface area contributed by atoms with Gasteiger partial charge >= 0.3 is 5.97 Å². The molecule has 1 fully saturated rings. The predicted octanol–water partition coefficient (Wildman–Crippen LogP) is 2.10. The highest BCUT2D eigenvalue weighted by atomic mass is 35.5. The molecular weight excluding hydrogens is 316 g/mol. The van der Waals surface area contributed by atoms with E-state index in [-0.39, 0.29) is 34.5 Å². The maximum Gasteiger partial charge on any atom is 0.337 e. The van der Waals surface area contributed by atoms with Crippen molar-refractivity contribution < 1.29 is 18.3 Å². The molecule has 0 bridgehead atoms. The molecule has 0 spiro atoms. The Kier molecular flexibility index (Phi) is 4.52. The van der Waals surface area contributed by atoms with E-state index in [0.717, 1.165) is 18.9 Å². The minimum atomic E-state index is -3.82. The van der Waals surface area contributed by atoms with Crippen LogP contribution >= 0.6 is 11.6 Å². The summed E-state index contributed by atoms with van der Waals surface area (Å²) in [5.74, 6) is -1.29. The zero-order valence-electron chi connectivity index (χ0n) is 11.0. The van der Waals surface area contributed by atoms with Crippen LogP contribution in [0.3, 0.4) is 0 Å². The van der Waals surface area contributed by atoms with Crippen LogP contribution in [0, 0.1) is 11.3 Å². The first-order chi connectivity index (χ1) is 9.87. The number of nitrogens with zero attached hydrogens (tertiary/aromatic N) is 2. The summed E-state index contributed by atoms with van der Waals surface area (Å²) >= 11 is 5.75. The van der Waals surface area contributed by atoms with Crippen LogP contribution in [-0.4, -0.2) is 36.4 Å². The fraction of sp³-hybridized carbons (Fsp3) is 0.385. The summed E-state index contributed by atoms with van der Waals surface area (Å²) in [6, 6.07) is 5.42. The van der Waals surface area contributed by atoms with E-state index in [9.17, 15) is 13.2 Å². The molecule has 8 heteroatoms. The van der Waals surface area contributed by atoms with Crippen molar-refractivity contribution >= 4 is 27.6 Å². The van der Waals surface area contributed by atoms with E-state index in [2.05, 4.69) is 0 Å². The summed E-state index contributed by atoms with van der Waals surface area (Å²) < 4.78 is 26.4. The van der Waals surface area contributed by atoms with Gasteiger partial charge in [0.1, 0.15) is 0 Å². The number of hydrogen-bond acceptors (Lipinski definition) is 4. The molecule has 21 heavy (non-hydrogen) atoms. The van der Waals surface area contributed by atoms with Crippen LogP contribution in [0.5, 0.6) is 0 Å². The van der Waals surface area contributed by atoms with Crippen LogP contribution in [0.2, 0.25) is 5.02 Å². The topological polar surface area (TPSA) is 98.5 Å². The minimum Gasteiger partial charge on any atom is -0.478 e. The minimum absolute atomic E-state index is 0.0172. The van der Waals surface area contributed by atoms with Gasteiger partial charge in [0.15, 0.2) is 0 Å². The van der Waals surface area contributed by atoms with Gasteiger partial charge in [0.05, 0.1) is 21.6 Å². The molecule has 1 aliphatic rings. The molecule has 0 unspecified atom stereocenters. The lowest BCUT2D eigenvalue weighted by molar-refractivity contribution is 0.0697. The molecular formula is C13H13ClN2O4S. The number of halogens is 1. The number of aromatic carboxylic acids is 1. The average Bonchev–Trinajstić information content (AvgIpc) is 3.23. The van der Waals surface area contributed by atoms with Gasteiger partial charge in [-0.3, -0.25) is 0 Å². The van der Waals surface area contributed by atoms with Gasteiger partial charge in [0.25, 0.3) is 0 Å². The Morgan fingerprint density at radius 3 is 2.67 bits per heavy atom. The van der Waals surface area contributed by atoms with Crippen LogP contribution in [-0.2, 0) is 10.0 Å². The highest BCUT2D eigenvalue weighted by Crippen LogP contribution is 2.33. The first kappa shape index (κ1) is 15.8. The summed E-state index contributed by atoms with van der Waals surface area (Å²) in [7, 11) is -3.82. The molecule has 0 radical (unpaired) electrons. The van der Waals surface area contributed by atoms with Gasteiger partial charge in [-0.05, 0) is 31.0 Å². The number of benzene rings is 1. The Balaban J connectivity index is 2.40. The van der Waals surface area contributed by atoms with Crippen molar-refractivity contribution in [1.29, 1.82) is 5.26 Å². The van der Waals surface area contributed by atoms with E-state index in [1.54, 1.807) is 0 Å². The van der Waals surface area contributed by atoms with Crippen LogP contribution < -0.4 is 0 Å². The summed E-state index contributed by atoms with van der Waals surface area (Å²) in [6.45, 7) is 0.106. The molecule has 1 aromatic carbocycles. The molecule has 0 amide bonds. The molecule has 0 atom stereocenters. The van der Waals surface area contributed by atoms with Gasteiger partial charge in [-0.2, -0.15) is 9.57 Å². The second kappa shape index (κ2) is 6.02. The Morgan fingerprint density at radius 1 is 1.48 bits per heavy atom. The zero-order chi connectivity index (χ0) is 15.6. The molecule has 1 aliphatic carbocycles. The molecule has 1 saturated carbocycles. The number of nitriles is 1. The fourth-order valence-electron chi connectivity index (χ4n) is 1.99. The Labute approximate surface area is 127 Å². The van der Waals surface area contributed by atoms with E-state index in [0.29, 0.717) is 0 Å². The molecule has 1 aromatic rings. The number of carboxylic acids is 1. The van der Waals surface area contributed by atoms with Crippen LogP contribution in [0.4, 0.5) is 0 Å². The number of carboxylic acid groups (broad SMARTS) is 1. The maximum absolute atomic E-state index is 12.6.